The molecule has 20 heavy (non-hydrogen) atoms. The van der Waals surface area contributed by atoms with Gasteiger partial charge in [0.2, 0.25) is 0 Å². The van der Waals surface area contributed by atoms with Gasteiger partial charge in [0.25, 0.3) is 0 Å². The maximum Gasteiger partial charge on any atom is 0.124 e. The van der Waals surface area contributed by atoms with Crippen LogP contribution in [-0.4, -0.2) is 4.98 Å². The molecule has 0 aliphatic rings. The van der Waals surface area contributed by atoms with Gasteiger partial charge < -0.3 is 5.32 Å². The Bertz CT molecular complexity index is 586. The van der Waals surface area contributed by atoms with Gasteiger partial charge >= 0.3 is 0 Å². The second-order valence-electron chi connectivity index (χ2n) is 4.73. The van der Waals surface area contributed by atoms with Crippen LogP contribution in [0.15, 0.2) is 36.5 Å². The van der Waals surface area contributed by atoms with Gasteiger partial charge in [0, 0.05) is 23.8 Å². The topological polar surface area (TPSA) is 24.9 Å². The maximum atomic E-state index is 13.0. The van der Waals surface area contributed by atoms with E-state index in [1.807, 2.05) is 13.0 Å². The first-order valence-electron chi connectivity index (χ1n) is 6.73. The quantitative estimate of drug-likeness (QED) is 0.889. The zero-order chi connectivity index (χ0) is 14.5. The van der Waals surface area contributed by atoms with E-state index in [-0.39, 0.29) is 11.9 Å². The van der Waals surface area contributed by atoms with Crippen molar-refractivity contribution in [2.75, 3.05) is 0 Å². The third-order valence-corrected chi connectivity index (χ3v) is 3.70. The van der Waals surface area contributed by atoms with Gasteiger partial charge in [-0.1, -0.05) is 30.7 Å². The highest BCUT2D eigenvalue weighted by Crippen LogP contribution is 2.24. The number of halogens is 2. The SMILES string of the molecule is CCc1cccnc1CNC(C)c1ccc(F)cc1Cl. The monoisotopic (exact) mass is 292 g/mol. The Hall–Kier alpha value is -1.45. The molecule has 0 saturated heterocycles. The molecule has 0 saturated carbocycles. The molecule has 0 fully saturated rings. The summed E-state index contributed by atoms with van der Waals surface area (Å²) >= 11 is 6.07. The molecule has 4 heteroatoms. The summed E-state index contributed by atoms with van der Waals surface area (Å²) in [6.07, 6.45) is 2.75. The van der Waals surface area contributed by atoms with Gasteiger partial charge in [-0.25, -0.2) is 4.39 Å². The molecule has 1 unspecified atom stereocenters. The van der Waals surface area contributed by atoms with Gasteiger partial charge in [-0.05, 0) is 42.7 Å². The van der Waals surface area contributed by atoms with E-state index in [0.29, 0.717) is 11.6 Å². The Labute approximate surface area is 124 Å². The molecular formula is C16H18ClFN2. The molecule has 106 valence electrons. The van der Waals surface area contributed by atoms with Crippen LogP contribution in [0.25, 0.3) is 0 Å². The van der Waals surface area contributed by atoms with Crippen molar-refractivity contribution in [3.05, 3.63) is 64.2 Å². The van der Waals surface area contributed by atoms with Crippen LogP contribution >= 0.6 is 11.6 Å². The van der Waals surface area contributed by atoms with Gasteiger partial charge in [-0.15, -0.1) is 0 Å². The van der Waals surface area contributed by atoms with E-state index < -0.39 is 0 Å². The Morgan fingerprint density at radius 2 is 2.15 bits per heavy atom. The van der Waals surface area contributed by atoms with E-state index in [4.69, 9.17) is 11.6 Å². The summed E-state index contributed by atoms with van der Waals surface area (Å²) in [5, 5.41) is 3.83. The van der Waals surface area contributed by atoms with Crippen LogP contribution in [-0.2, 0) is 13.0 Å². The molecule has 1 aromatic heterocycles. The highest BCUT2D eigenvalue weighted by Gasteiger charge is 2.11. The van der Waals surface area contributed by atoms with Gasteiger partial charge in [0.1, 0.15) is 5.82 Å². The second-order valence-corrected chi connectivity index (χ2v) is 5.14. The molecule has 2 nitrogen and oxygen atoms in total. The smallest absolute Gasteiger partial charge is 0.124 e. The van der Waals surface area contributed by atoms with Gasteiger partial charge in [0.05, 0.1) is 5.69 Å². The zero-order valence-corrected chi connectivity index (χ0v) is 12.4. The molecule has 2 rings (SSSR count). The Kier molecular flexibility index (Phi) is 5.10. The van der Waals surface area contributed by atoms with E-state index in [1.54, 1.807) is 12.3 Å². The molecule has 2 aromatic rings. The summed E-state index contributed by atoms with van der Waals surface area (Å²) in [5.74, 6) is -0.316. The minimum Gasteiger partial charge on any atom is -0.305 e. The number of nitrogens with one attached hydrogen (secondary N) is 1. The van der Waals surface area contributed by atoms with E-state index in [2.05, 4.69) is 23.3 Å². The largest absolute Gasteiger partial charge is 0.305 e. The first-order valence-corrected chi connectivity index (χ1v) is 7.10. The maximum absolute atomic E-state index is 13.0. The molecule has 0 bridgehead atoms. The fourth-order valence-electron chi connectivity index (χ4n) is 2.16. The summed E-state index contributed by atoms with van der Waals surface area (Å²) in [5.41, 5.74) is 3.17. The van der Waals surface area contributed by atoms with Crippen LogP contribution in [0.2, 0.25) is 5.02 Å². The molecule has 0 amide bonds. The molecule has 1 atom stereocenters. The molecule has 1 aromatic carbocycles. The molecule has 0 radical (unpaired) electrons. The molecule has 0 aliphatic heterocycles. The van der Waals surface area contributed by atoms with Crippen LogP contribution in [0.4, 0.5) is 4.39 Å². The third-order valence-electron chi connectivity index (χ3n) is 3.37. The highest BCUT2D eigenvalue weighted by molar-refractivity contribution is 6.31. The standard InChI is InChI=1S/C16H18ClFN2/c1-3-12-5-4-8-19-16(12)10-20-11(2)14-7-6-13(18)9-15(14)17/h4-9,11,20H,3,10H2,1-2H3. The number of benzene rings is 1. The van der Waals surface area contributed by atoms with Crippen LogP contribution in [0.1, 0.15) is 36.7 Å². The summed E-state index contributed by atoms with van der Waals surface area (Å²) in [6.45, 7) is 4.79. The average Bonchev–Trinajstić information content (AvgIpc) is 2.45. The van der Waals surface area contributed by atoms with Gasteiger partial charge in [-0.3, -0.25) is 4.98 Å². The number of pyridine rings is 1. The van der Waals surface area contributed by atoms with Gasteiger partial charge in [0.15, 0.2) is 0 Å². The lowest BCUT2D eigenvalue weighted by atomic mass is 10.1. The lowest BCUT2D eigenvalue weighted by Crippen LogP contribution is -2.20. The lowest BCUT2D eigenvalue weighted by Gasteiger charge is -2.16. The molecule has 1 N–H and O–H groups in total. The number of hydrogen-bond acceptors (Lipinski definition) is 2. The van der Waals surface area contributed by atoms with Crippen LogP contribution in [0.5, 0.6) is 0 Å². The number of aryl methyl sites for hydroxylation is 1. The van der Waals surface area contributed by atoms with E-state index in [0.717, 1.165) is 17.7 Å². The van der Waals surface area contributed by atoms with Crippen molar-refractivity contribution in [1.82, 2.24) is 10.3 Å². The number of rotatable bonds is 5. The predicted molar refractivity (Wildman–Crippen MR) is 80.3 cm³/mol. The van der Waals surface area contributed by atoms with Crippen molar-refractivity contribution in [1.29, 1.82) is 0 Å². The average molecular weight is 293 g/mol. The first kappa shape index (κ1) is 14.9. The van der Waals surface area contributed by atoms with E-state index in [9.17, 15) is 4.39 Å². The van der Waals surface area contributed by atoms with E-state index >= 15 is 0 Å². The Balaban J connectivity index is 2.06. The Morgan fingerprint density at radius 3 is 2.85 bits per heavy atom. The summed E-state index contributed by atoms with van der Waals surface area (Å²) in [7, 11) is 0. The summed E-state index contributed by atoms with van der Waals surface area (Å²) in [6, 6.07) is 8.55. The predicted octanol–water partition coefficient (Wildman–Crippen LogP) is 4.29. The van der Waals surface area contributed by atoms with Crippen LogP contribution in [0.3, 0.4) is 0 Å². The van der Waals surface area contributed by atoms with Crippen molar-refractivity contribution in [3.63, 3.8) is 0 Å². The lowest BCUT2D eigenvalue weighted by molar-refractivity contribution is 0.562. The Morgan fingerprint density at radius 1 is 1.35 bits per heavy atom. The minimum atomic E-state index is -0.316. The van der Waals surface area contributed by atoms with Crippen LogP contribution < -0.4 is 5.32 Å². The molecule has 0 aliphatic carbocycles. The fraction of sp³-hybridized carbons (Fsp3) is 0.312. The third kappa shape index (κ3) is 3.56. The normalized spacial score (nSPS) is 12.4. The highest BCUT2D eigenvalue weighted by atomic mass is 35.5. The number of aromatic nitrogens is 1. The van der Waals surface area contributed by atoms with Crippen molar-refractivity contribution in [2.45, 2.75) is 32.9 Å². The van der Waals surface area contributed by atoms with Crippen molar-refractivity contribution in [2.24, 2.45) is 0 Å². The van der Waals surface area contributed by atoms with Crippen LogP contribution in [0, 0.1) is 5.82 Å². The van der Waals surface area contributed by atoms with Crippen molar-refractivity contribution in [3.8, 4) is 0 Å². The summed E-state index contributed by atoms with van der Waals surface area (Å²) in [4.78, 5) is 4.40. The molecule has 0 spiro atoms. The summed E-state index contributed by atoms with van der Waals surface area (Å²) < 4.78 is 13.0. The first-order chi connectivity index (χ1) is 9.61. The zero-order valence-electron chi connectivity index (χ0n) is 11.7. The van der Waals surface area contributed by atoms with Crippen molar-refractivity contribution < 1.29 is 4.39 Å². The van der Waals surface area contributed by atoms with E-state index in [1.165, 1.54) is 17.7 Å². The van der Waals surface area contributed by atoms with Crippen molar-refractivity contribution >= 4 is 11.6 Å². The minimum absolute atomic E-state index is 0.0369. The van der Waals surface area contributed by atoms with Gasteiger partial charge in [-0.2, -0.15) is 0 Å². The second kappa shape index (κ2) is 6.82. The molecule has 1 heterocycles. The number of nitrogens with zero attached hydrogens (tertiary/aromatic N) is 1. The number of hydrogen-bond donors (Lipinski definition) is 1. The molecular weight excluding hydrogens is 275 g/mol. The fourth-order valence-corrected chi connectivity index (χ4v) is 2.50.